The molecule has 4 heteroatoms. The van der Waals surface area contributed by atoms with Crippen molar-refractivity contribution in [3.05, 3.63) is 29.8 Å². The van der Waals surface area contributed by atoms with Crippen molar-refractivity contribution < 1.29 is 4.74 Å². The Morgan fingerprint density at radius 3 is 2.95 bits per heavy atom. The molecule has 2 atom stereocenters. The van der Waals surface area contributed by atoms with Gasteiger partial charge in [-0.15, -0.1) is 0 Å². The Kier molecular flexibility index (Phi) is 3.42. The van der Waals surface area contributed by atoms with Crippen LogP contribution in [-0.2, 0) is 4.74 Å². The molecule has 4 nitrogen and oxygen atoms in total. The third-order valence-electron chi connectivity index (χ3n) is 4.13. The van der Waals surface area contributed by atoms with Crippen molar-refractivity contribution in [3.8, 4) is 0 Å². The summed E-state index contributed by atoms with van der Waals surface area (Å²) < 4.78 is 5.63. The molecule has 0 aliphatic carbocycles. The average Bonchev–Trinajstić information content (AvgIpc) is 2.82. The van der Waals surface area contributed by atoms with E-state index in [1.54, 1.807) is 0 Å². The zero-order valence-corrected chi connectivity index (χ0v) is 11.4. The summed E-state index contributed by atoms with van der Waals surface area (Å²) >= 11 is 0. The highest BCUT2D eigenvalue weighted by atomic mass is 16.5. The maximum atomic E-state index is 6.11. The Morgan fingerprint density at radius 2 is 2.21 bits per heavy atom. The van der Waals surface area contributed by atoms with E-state index in [2.05, 4.69) is 41.1 Å². The van der Waals surface area contributed by atoms with E-state index in [-0.39, 0.29) is 0 Å². The highest BCUT2D eigenvalue weighted by Gasteiger charge is 2.35. The quantitative estimate of drug-likeness (QED) is 0.883. The first-order valence-corrected chi connectivity index (χ1v) is 7.00. The molecule has 0 spiro atoms. The summed E-state index contributed by atoms with van der Waals surface area (Å²) in [7, 11) is 0. The van der Waals surface area contributed by atoms with Crippen molar-refractivity contribution in [2.75, 3.05) is 24.7 Å². The second-order valence-corrected chi connectivity index (χ2v) is 5.40. The van der Waals surface area contributed by atoms with Crippen molar-refractivity contribution in [1.82, 2.24) is 0 Å². The Bertz CT molecular complexity index is 480. The van der Waals surface area contributed by atoms with E-state index < -0.39 is 0 Å². The van der Waals surface area contributed by atoms with Gasteiger partial charge in [-0.05, 0) is 31.4 Å². The number of hydrogen-bond acceptors (Lipinski definition) is 4. The fourth-order valence-corrected chi connectivity index (χ4v) is 3.08. The zero-order chi connectivity index (χ0) is 13.2. The highest BCUT2D eigenvalue weighted by molar-refractivity contribution is 5.97. The topological polar surface area (TPSA) is 50.8 Å². The molecule has 0 saturated carbocycles. The number of nitrogens with zero attached hydrogens (tertiary/aromatic N) is 2. The minimum Gasteiger partial charge on any atom is -0.381 e. The molecule has 1 aromatic rings. The minimum atomic E-state index is 0.349. The largest absolute Gasteiger partial charge is 0.381 e. The number of aryl methyl sites for hydroxylation is 1. The van der Waals surface area contributed by atoms with Crippen LogP contribution in [0.4, 0.5) is 5.69 Å². The minimum absolute atomic E-state index is 0.349. The van der Waals surface area contributed by atoms with Crippen LogP contribution in [0, 0.1) is 12.8 Å². The number of ether oxygens (including phenoxy) is 1. The molecule has 19 heavy (non-hydrogen) atoms. The van der Waals surface area contributed by atoms with Crippen LogP contribution in [0.3, 0.4) is 0 Å². The molecule has 2 N–H and O–H groups in total. The highest BCUT2D eigenvalue weighted by Crippen LogP contribution is 2.30. The molecule has 2 unspecified atom stereocenters. The normalized spacial score (nSPS) is 27.4. The van der Waals surface area contributed by atoms with E-state index in [1.807, 2.05) is 0 Å². The molecule has 3 rings (SSSR count). The third-order valence-corrected chi connectivity index (χ3v) is 4.13. The lowest BCUT2D eigenvalue weighted by atomic mass is 9.92. The number of aliphatic imine (C=N–C) groups is 1. The molecular weight excluding hydrogens is 238 g/mol. The van der Waals surface area contributed by atoms with Crippen molar-refractivity contribution in [3.63, 3.8) is 0 Å². The fraction of sp³-hybridized carbons (Fsp3) is 0.533. The first-order valence-electron chi connectivity index (χ1n) is 7.00. The lowest BCUT2D eigenvalue weighted by Crippen LogP contribution is -2.47. The summed E-state index contributed by atoms with van der Waals surface area (Å²) in [5, 5.41) is 0. The van der Waals surface area contributed by atoms with E-state index in [4.69, 9.17) is 10.5 Å². The Morgan fingerprint density at radius 1 is 1.37 bits per heavy atom. The predicted octanol–water partition coefficient (Wildman–Crippen LogP) is 1.92. The SMILES string of the molecule is Cc1ccccc1N1C(N)=NCC1C1CCCOC1. The molecule has 0 amide bonds. The van der Waals surface area contributed by atoms with E-state index in [1.165, 1.54) is 17.7 Å². The van der Waals surface area contributed by atoms with Crippen molar-refractivity contribution >= 4 is 11.6 Å². The molecule has 2 aliphatic rings. The summed E-state index contributed by atoms with van der Waals surface area (Å²) in [5.74, 6) is 1.17. The van der Waals surface area contributed by atoms with E-state index in [9.17, 15) is 0 Å². The lowest BCUT2D eigenvalue weighted by molar-refractivity contribution is 0.0472. The fourth-order valence-electron chi connectivity index (χ4n) is 3.08. The van der Waals surface area contributed by atoms with Crippen LogP contribution >= 0.6 is 0 Å². The van der Waals surface area contributed by atoms with Gasteiger partial charge in [0.15, 0.2) is 5.96 Å². The summed E-state index contributed by atoms with van der Waals surface area (Å²) in [4.78, 5) is 6.66. The maximum absolute atomic E-state index is 6.11. The third kappa shape index (κ3) is 2.32. The summed E-state index contributed by atoms with van der Waals surface area (Å²) in [6, 6.07) is 8.71. The van der Waals surface area contributed by atoms with Gasteiger partial charge in [-0.1, -0.05) is 18.2 Å². The maximum Gasteiger partial charge on any atom is 0.196 e. The molecule has 1 fully saturated rings. The standard InChI is InChI=1S/C15H21N3O/c1-11-5-2-3-7-13(11)18-14(9-17-15(18)16)12-6-4-8-19-10-12/h2-3,5,7,12,14H,4,6,8-10H2,1H3,(H2,16,17). The number of hydrogen-bond donors (Lipinski definition) is 1. The van der Waals surface area contributed by atoms with Crippen LogP contribution in [0.25, 0.3) is 0 Å². The van der Waals surface area contributed by atoms with Crippen molar-refractivity contribution in [2.24, 2.45) is 16.6 Å². The Balaban J connectivity index is 1.88. The van der Waals surface area contributed by atoms with Gasteiger partial charge in [-0.2, -0.15) is 0 Å². The number of para-hydroxylation sites is 1. The average molecular weight is 259 g/mol. The Labute approximate surface area is 114 Å². The lowest BCUT2D eigenvalue weighted by Gasteiger charge is -2.35. The van der Waals surface area contributed by atoms with Crippen LogP contribution in [0.5, 0.6) is 0 Å². The molecule has 0 radical (unpaired) electrons. The Hall–Kier alpha value is -1.55. The van der Waals surface area contributed by atoms with Crippen molar-refractivity contribution in [2.45, 2.75) is 25.8 Å². The van der Waals surface area contributed by atoms with E-state index in [0.29, 0.717) is 17.9 Å². The zero-order valence-electron chi connectivity index (χ0n) is 11.4. The van der Waals surface area contributed by atoms with Gasteiger partial charge in [0.25, 0.3) is 0 Å². The molecule has 1 saturated heterocycles. The first kappa shape index (κ1) is 12.5. The molecule has 2 heterocycles. The second kappa shape index (κ2) is 5.21. The van der Waals surface area contributed by atoms with Crippen molar-refractivity contribution in [1.29, 1.82) is 0 Å². The number of benzene rings is 1. The van der Waals surface area contributed by atoms with Crippen LogP contribution in [-0.4, -0.2) is 31.8 Å². The molecular formula is C15H21N3O. The summed E-state index contributed by atoms with van der Waals surface area (Å²) in [6.07, 6.45) is 2.35. The molecule has 1 aromatic carbocycles. The van der Waals surface area contributed by atoms with E-state index >= 15 is 0 Å². The molecule has 2 aliphatic heterocycles. The van der Waals surface area contributed by atoms with Gasteiger partial charge in [0.2, 0.25) is 0 Å². The predicted molar refractivity (Wildman–Crippen MR) is 77.5 cm³/mol. The molecule has 0 aromatic heterocycles. The summed E-state index contributed by atoms with van der Waals surface area (Å²) in [5.41, 5.74) is 8.53. The van der Waals surface area contributed by atoms with Gasteiger partial charge in [-0.3, -0.25) is 4.99 Å². The van der Waals surface area contributed by atoms with Crippen LogP contribution in [0.1, 0.15) is 18.4 Å². The van der Waals surface area contributed by atoms with Crippen LogP contribution < -0.4 is 10.6 Å². The van der Waals surface area contributed by atoms with Gasteiger partial charge in [-0.25, -0.2) is 0 Å². The first-order chi connectivity index (χ1) is 9.27. The molecule has 102 valence electrons. The van der Waals surface area contributed by atoms with Gasteiger partial charge in [0.1, 0.15) is 0 Å². The van der Waals surface area contributed by atoms with Gasteiger partial charge < -0.3 is 15.4 Å². The van der Waals surface area contributed by atoms with Crippen LogP contribution in [0.2, 0.25) is 0 Å². The van der Waals surface area contributed by atoms with Crippen LogP contribution in [0.15, 0.2) is 29.3 Å². The smallest absolute Gasteiger partial charge is 0.196 e. The number of rotatable bonds is 2. The number of anilines is 1. The summed E-state index contributed by atoms with van der Waals surface area (Å²) in [6.45, 7) is 4.63. The monoisotopic (exact) mass is 259 g/mol. The number of nitrogens with two attached hydrogens (primary N) is 1. The molecule has 0 bridgehead atoms. The van der Waals surface area contributed by atoms with Gasteiger partial charge in [0, 0.05) is 18.2 Å². The van der Waals surface area contributed by atoms with E-state index in [0.717, 1.165) is 26.2 Å². The second-order valence-electron chi connectivity index (χ2n) is 5.40. The number of guanidine groups is 1. The van der Waals surface area contributed by atoms with Gasteiger partial charge >= 0.3 is 0 Å². The van der Waals surface area contributed by atoms with Gasteiger partial charge in [0.05, 0.1) is 19.2 Å².